The largest absolute Gasteiger partial charge is 0.385 e. The summed E-state index contributed by atoms with van der Waals surface area (Å²) >= 11 is 0. The molecular weight excluding hydrogens is 174 g/mol. The molecule has 78 valence electrons. The van der Waals surface area contributed by atoms with Gasteiger partial charge in [0.2, 0.25) is 0 Å². The summed E-state index contributed by atoms with van der Waals surface area (Å²) in [5.41, 5.74) is 7.31. The monoisotopic (exact) mass is 193 g/mol. The Hall–Kier alpha value is -0.860. The summed E-state index contributed by atoms with van der Waals surface area (Å²) in [6.45, 7) is 0.808. The Labute approximate surface area is 86.1 Å². The molecular formula is C12H19NO. The molecule has 0 unspecified atom stereocenters. The lowest BCUT2D eigenvalue weighted by atomic mass is 10.0. The van der Waals surface area contributed by atoms with Crippen LogP contribution in [0.25, 0.3) is 0 Å². The van der Waals surface area contributed by atoms with E-state index in [9.17, 15) is 0 Å². The van der Waals surface area contributed by atoms with Crippen molar-refractivity contribution in [2.24, 2.45) is 5.73 Å². The lowest BCUT2D eigenvalue weighted by molar-refractivity contribution is 0.190. The maximum Gasteiger partial charge on any atom is 0.0462 e. The molecule has 2 heteroatoms. The molecule has 1 rings (SSSR count). The third kappa shape index (κ3) is 4.40. The van der Waals surface area contributed by atoms with Gasteiger partial charge in [0.25, 0.3) is 0 Å². The molecule has 14 heavy (non-hydrogen) atoms. The minimum absolute atomic E-state index is 0.257. The Balaban J connectivity index is 2.23. The van der Waals surface area contributed by atoms with Crippen molar-refractivity contribution in [1.29, 1.82) is 0 Å². The second-order valence-corrected chi connectivity index (χ2v) is 3.58. The van der Waals surface area contributed by atoms with Gasteiger partial charge in [-0.15, -0.1) is 0 Å². The summed E-state index contributed by atoms with van der Waals surface area (Å²) in [4.78, 5) is 0. The van der Waals surface area contributed by atoms with E-state index < -0.39 is 0 Å². The lowest BCUT2D eigenvalue weighted by Gasteiger charge is -2.10. The van der Waals surface area contributed by atoms with Crippen LogP contribution in [0.15, 0.2) is 30.3 Å². The number of methoxy groups -OCH3 is 1. The van der Waals surface area contributed by atoms with Crippen LogP contribution in [-0.4, -0.2) is 19.8 Å². The van der Waals surface area contributed by atoms with E-state index in [0.717, 1.165) is 25.9 Å². The van der Waals surface area contributed by atoms with Crippen molar-refractivity contribution in [3.63, 3.8) is 0 Å². The highest BCUT2D eigenvalue weighted by Gasteiger charge is 2.02. The van der Waals surface area contributed by atoms with E-state index in [1.165, 1.54) is 5.56 Å². The van der Waals surface area contributed by atoms with Crippen molar-refractivity contribution in [2.75, 3.05) is 13.7 Å². The van der Waals surface area contributed by atoms with Crippen LogP contribution in [0.5, 0.6) is 0 Å². The minimum Gasteiger partial charge on any atom is -0.385 e. The van der Waals surface area contributed by atoms with Gasteiger partial charge >= 0.3 is 0 Å². The van der Waals surface area contributed by atoms with Crippen LogP contribution in [-0.2, 0) is 11.2 Å². The van der Waals surface area contributed by atoms with Crippen molar-refractivity contribution < 1.29 is 4.74 Å². The van der Waals surface area contributed by atoms with Crippen molar-refractivity contribution in [3.05, 3.63) is 35.9 Å². The second kappa shape index (κ2) is 6.57. The molecule has 0 aliphatic rings. The lowest BCUT2D eigenvalue weighted by Crippen LogP contribution is -2.23. The maximum absolute atomic E-state index is 5.99. The SMILES string of the molecule is COCCC[C@@H](N)Cc1ccccc1. The molecule has 1 aromatic rings. The molecule has 0 amide bonds. The van der Waals surface area contributed by atoms with Crippen LogP contribution in [0.2, 0.25) is 0 Å². The van der Waals surface area contributed by atoms with Gasteiger partial charge in [0.1, 0.15) is 0 Å². The summed E-state index contributed by atoms with van der Waals surface area (Å²) in [5, 5.41) is 0. The third-order valence-electron chi connectivity index (χ3n) is 2.26. The molecule has 1 aromatic carbocycles. The van der Waals surface area contributed by atoms with E-state index >= 15 is 0 Å². The fourth-order valence-corrected chi connectivity index (χ4v) is 1.51. The summed E-state index contributed by atoms with van der Waals surface area (Å²) in [5.74, 6) is 0. The van der Waals surface area contributed by atoms with Gasteiger partial charge in [-0.2, -0.15) is 0 Å². The summed E-state index contributed by atoms with van der Waals surface area (Å²) in [6, 6.07) is 10.6. The van der Waals surface area contributed by atoms with E-state index in [4.69, 9.17) is 10.5 Å². The van der Waals surface area contributed by atoms with Gasteiger partial charge in [0, 0.05) is 19.8 Å². The van der Waals surface area contributed by atoms with Gasteiger partial charge < -0.3 is 10.5 Å². The highest BCUT2D eigenvalue weighted by atomic mass is 16.5. The molecule has 0 aromatic heterocycles. The van der Waals surface area contributed by atoms with Crippen LogP contribution in [0.3, 0.4) is 0 Å². The van der Waals surface area contributed by atoms with Crippen LogP contribution in [0.1, 0.15) is 18.4 Å². The van der Waals surface area contributed by atoms with Gasteiger partial charge in [0.15, 0.2) is 0 Å². The quantitative estimate of drug-likeness (QED) is 0.701. The summed E-state index contributed by atoms with van der Waals surface area (Å²) in [7, 11) is 1.72. The highest BCUT2D eigenvalue weighted by molar-refractivity contribution is 5.15. The van der Waals surface area contributed by atoms with E-state index in [0.29, 0.717) is 0 Å². The molecule has 0 aliphatic heterocycles. The first-order valence-electron chi connectivity index (χ1n) is 5.11. The second-order valence-electron chi connectivity index (χ2n) is 3.58. The zero-order valence-corrected chi connectivity index (χ0v) is 8.78. The number of rotatable bonds is 6. The first kappa shape index (κ1) is 11.2. The smallest absolute Gasteiger partial charge is 0.0462 e. The third-order valence-corrected chi connectivity index (χ3v) is 2.26. The van der Waals surface area contributed by atoms with Gasteiger partial charge in [-0.1, -0.05) is 30.3 Å². The van der Waals surface area contributed by atoms with Gasteiger partial charge in [-0.3, -0.25) is 0 Å². The molecule has 0 bridgehead atoms. The van der Waals surface area contributed by atoms with Crippen LogP contribution in [0, 0.1) is 0 Å². The number of nitrogens with two attached hydrogens (primary N) is 1. The molecule has 2 N–H and O–H groups in total. The Morgan fingerprint density at radius 3 is 2.64 bits per heavy atom. The molecule has 0 radical (unpaired) electrons. The van der Waals surface area contributed by atoms with Crippen LogP contribution in [0.4, 0.5) is 0 Å². The standard InChI is InChI=1S/C12H19NO/c1-14-9-5-8-12(13)10-11-6-3-2-4-7-11/h2-4,6-7,12H,5,8-10,13H2,1H3/t12-/m1/s1. The average molecular weight is 193 g/mol. The predicted molar refractivity (Wildman–Crippen MR) is 59.2 cm³/mol. The zero-order chi connectivity index (χ0) is 10.2. The Bertz CT molecular complexity index is 235. The Morgan fingerprint density at radius 2 is 2.00 bits per heavy atom. The Morgan fingerprint density at radius 1 is 1.29 bits per heavy atom. The molecule has 0 heterocycles. The first-order valence-corrected chi connectivity index (χ1v) is 5.11. The zero-order valence-electron chi connectivity index (χ0n) is 8.78. The molecule has 0 spiro atoms. The summed E-state index contributed by atoms with van der Waals surface area (Å²) in [6.07, 6.45) is 3.04. The normalized spacial score (nSPS) is 12.7. The van der Waals surface area contributed by atoms with Gasteiger partial charge in [-0.25, -0.2) is 0 Å². The van der Waals surface area contributed by atoms with Crippen molar-refractivity contribution in [1.82, 2.24) is 0 Å². The number of ether oxygens (including phenoxy) is 1. The molecule has 2 nitrogen and oxygen atoms in total. The van der Waals surface area contributed by atoms with Crippen LogP contribution >= 0.6 is 0 Å². The fraction of sp³-hybridized carbons (Fsp3) is 0.500. The van der Waals surface area contributed by atoms with E-state index in [1.54, 1.807) is 7.11 Å². The molecule has 0 aliphatic carbocycles. The predicted octanol–water partition coefficient (Wildman–Crippen LogP) is 1.98. The fourth-order valence-electron chi connectivity index (χ4n) is 1.51. The molecule has 1 atom stereocenters. The maximum atomic E-state index is 5.99. The van der Waals surface area contributed by atoms with Crippen molar-refractivity contribution in [2.45, 2.75) is 25.3 Å². The first-order chi connectivity index (χ1) is 6.83. The van der Waals surface area contributed by atoms with Crippen LogP contribution < -0.4 is 5.73 Å². The number of hydrogen-bond donors (Lipinski definition) is 1. The summed E-state index contributed by atoms with van der Waals surface area (Å²) < 4.78 is 4.99. The molecule has 0 saturated heterocycles. The van der Waals surface area contributed by atoms with Crippen molar-refractivity contribution in [3.8, 4) is 0 Å². The van der Waals surface area contributed by atoms with Crippen molar-refractivity contribution >= 4 is 0 Å². The van der Waals surface area contributed by atoms with Gasteiger partial charge in [0.05, 0.1) is 0 Å². The highest BCUT2D eigenvalue weighted by Crippen LogP contribution is 2.05. The van der Waals surface area contributed by atoms with E-state index in [-0.39, 0.29) is 6.04 Å². The topological polar surface area (TPSA) is 35.2 Å². The minimum atomic E-state index is 0.257. The molecule has 0 fully saturated rings. The number of benzene rings is 1. The number of hydrogen-bond acceptors (Lipinski definition) is 2. The van der Waals surface area contributed by atoms with E-state index in [1.807, 2.05) is 6.07 Å². The average Bonchev–Trinajstić information content (AvgIpc) is 2.20. The van der Waals surface area contributed by atoms with E-state index in [2.05, 4.69) is 24.3 Å². The Kier molecular flexibility index (Phi) is 5.27. The van der Waals surface area contributed by atoms with Gasteiger partial charge in [-0.05, 0) is 24.8 Å². The molecule has 0 saturated carbocycles.